The molecule has 4 aliphatic rings. The van der Waals surface area contributed by atoms with Crippen LogP contribution in [0.1, 0.15) is 44.2 Å². The molecule has 0 radical (unpaired) electrons. The number of nitrogens with zero attached hydrogens (tertiary/aromatic N) is 2. The van der Waals surface area contributed by atoms with Crippen molar-refractivity contribution in [3.05, 3.63) is 24.4 Å². The van der Waals surface area contributed by atoms with Gasteiger partial charge in [0.25, 0.3) is 5.91 Å². The second-order valence-electron chi connectivity index (χ2n) is 8.41. The van der Waals surface area contributed by atoms with Gasteiger partial charge >= 0.3 is 6.01 Å². The lowest BCUT2D eigenvalue weighted by molar-refractivity contribution is -0.148. The van der Waals surface area contributed by atoms with E-state index >= 15 is 0 Å². The smallest absolute Gasteiger partial charge is 0.320 e. The summed E-state index contributed by atoms with van der Waals surface area (Å²) in [5, 5.41) is 0. The summed E-state index contributed by atoms with van der Waals surface area (Å²) in [5.41, 5.74) is 6.40. The fourth-order valence-corrected chi connectivity index (χ4v) is 5.88. The summed E-state index contributed by atoms with van der Waals surface area (Å²) >= 11 is 0. The van der Waals surface area contributed by atoms with Crippen LogP contribution >= 0.6 is 0 Å². The molecule has 1 aromatic rings. The molecule has 4 aliphatic carbocycles. The van der Waals surface area contributed by atoms with Crippen LogP contribution in [0.2, 0.25) is 0 Å². The van der Waals surface area contributed by atoms with Crippen molar-refractivity contribution < 1.29 is 14.3 Å². The van der Waals surface area contributed by atoms with Gasteiger partial charge in [0.1, 0.15) is 6.61 Å². The van der Waals surface area contributed by atoms with Crippen molar-refractivity contribution >= 4 is 5.91 Å². The number of hydrogen-bond donors (Lipinski definition) is 1. The van der Waals surface area contributed by atoms with Gasteiger partial charge in [0.15, 0.2) is 6.10 Å². The predicted molar refractivity (Wildman–Crippen MR) is 96.7 cm³/mol. The van der Waals surface area contributed by atoms with Crippen LogP contribution in [-0.2, 0) is 4.79 Å². The average molecular weight is 357 g/mol. The number of carbonyl (C=O) groups is 1. The fraction of sp³-hybridized carbons (Fsp3) is 0.650. The highest BCUT2D eigenvalue weighted by atomic mass is 16.5. The Balaban J connectivity index is 1.59. The zero-order valence-electron chi connectivity index (χ0n) is 15.3. The number of aromatic nitrogens is 2. The van der Waals surface area contributed by atoms with Crippen LogP contribution in [0.3, 0.4) is 0 Å². The lowest BCUT2D eigenvalue weighted by Gasteiger charge is -2.58. The van der Waals surface area contributed by atoms with Crippen molar-refractivity contribution in [3.63, 3.8) is 0 Å². The van der Waals surface area contributed by atoms with Crippen molar-refractivity contribution in [2.24, 2.45) is 28.9 Å². The van der Waals surface area contributed by atoms with Crippen molar-refractivity contribution in [1.82, 2.24) is 9.97 Å². The van der Waals surface area contributed by atoms with E-state index in [9.17, 15) is 4.79 Å². The molecule has 0 saturated heterocycles. The number of aryl methyl sites for hydroxylation is 1. The Bertz CT molecular complexity index is 683. The molecule has 5 rings (SSSR count). The maximum Gasteiger partial charge on any atom is 0.320 e. The van der Waals surface area contributed by atoms with Crippen molar-refractivity contribution in [1.29, 1.82) is 0 Å². The molecule has 26 heavy (non-hydrogen) atoms. The zero-order valence-corrected chi connectivity index (χ0v) is 15.3. The molecule has 2 N–H and O–H groups in total. The van der Waals surface area contributed by atoms with Crippen LogP contribution in [0.25, 0.3) is 0 Å². The second kappa shape index (κ2) is 6.56. The van der Waals surface area contributed by atoms with Crippen LogP contribution < -0.4 is 15.2 Å². The largest absolute Gasteiger partial charge is 0.463 e. The van der Waals surface area contributed by atoms with Gasteiger partial charge in [-0.25, -0.2) is 4.98 Å². The van der Waals surface area contributed by atoms with Crippen LogP contribution in [-0.4, -0.2) is 28.6 Å². The molecule has 0 aromatic carbocycles. The average Bonchev–Trinajstić information content (AvgIpc) is 2.56. The highest BCUT2D eigenvalue weighted by molar-refractivity contribution is 5.80. The molecular formula is C20H27N3O3. The van der Waals surface area contributed by atoms with E-state index in [4.69, 9.17) is 15.2 Å². The van der Waals surface area contributed by atoms with Gasteiger partial charge in [-0.1, -0.05) is 12.7 Å². The third-order valence-corrected chi connectivity index (χ3v) is 6.28. The molecule has 0 spiro atoms. The highest BCUT2D eigenvalue weighted by Gasteiger charge is 2.56. The van der Waals surface area contributed by atoms with E-state index in [1.54, 1.807) is 12.1 Å². The van der Waals surface area contributed by atoms with Gasteiger partial charge in [-0.2, -0.15) is 4.98 Å². The molecule has 1 heterocycles. The van der Waals surface area contributed by atoms with E-state index in [-0.39, 0.29) is 11.4 Å². The van der Waals surface area contributed by atoms with Crippen LogP contribution in [0.15, 0.2) is 18.7 Å². The molecule has 1 amide bonds. The Hall–Kier alpha value is -2.11. The Morgan fingerprint density at radius 2 is 1.92 bits per heavy atom. The summed E-state index contributed by atoms with van der Waals surface area (Å²) in [5.74, 6) is 2.11. The van der Waals surface area contributed by atoms with Crippen molar-refractivity contribution in [2.45, 2.75) is 51.6 Å². The lowest BCUT2D eigenvalue weighted by atomic mass is 9.48. The van der Waals surface area contributed by atoms with E-state index in [1.807, 2.05) is 6.92 Å². The zero-order chi connectivity index (χ0) is 18.3. The minimum atomic E-state index is -0.641. The Labute approximate surface area is 154 Å². The first-order valence-electron chi connectivity index (χ1n) is 9.53. The summed E-state index contributed by atoms with van der Waals surface area (Å²) in [7, 11) is 0. The topological polar surface area (TPSA) is 87.3 Å². The standard InChI is InChI=1S/C20H27N3O3/c1-3-4-25-19-22-12(2)5-16(23-19)26-17(18(21)24)20-9-13-6-14(10-20)8-15(7-13)11-20/h3,5,13-15,17H,1,4,6-11H2,2H3,(H2,21,24). The number of carbonyl (C=O) groups excluding carboxylic acids is 1. The van der Waals surface area contributed by atoms with E-state index < -0.39 is 12.0 Å². The molecule has 4 fully saturated rings. The minimum Gasteiger partial charge on any atom is -0.463 e. The predicted octanol–water partition coefficient (Wildman–Crippen LogP) is 2.80. The summed E-state index contributed by atoms with van der Waals surface area (Å²) in [6.45, 7) is 5.79. The Morgan fingerprint density at radius 1 is 1.31 bits per heavy atom. The molecule has 4 saturated carbocycles. The van der Waals surface area contributed by atoms with Gasteiger partial charge < -0.3 is 15.2 Å². The number of rotatable bonds is 7. The van der Waals surface area contributed by atoms with Gasteiger partial charge in [-0.15, -0.1) is 0 Å². The maximum atomic E-state index is 12.4. The summed E-state index contributed by atoms with van der Waals surface area (Å²) in [6.07, 6.45) is 8.01. The van der Waals surface area contributed by atoms with E-state index in [0.29, 0.717) is 30.2 Å². The normalized spacial score (nSPS) is 32.9. The third-order valence-electron chi connectivity index (χ3n) is 6.28. The van der Waals surface area contributed by atoms with E-state index in [1.165, 1.54) is 19.3 Å². The van der Waals surface area contributed by atoms with Gasteiger partial charge in [0, 0.05) is 17.2 Å². The van der Waals surface area contributed by atoms with Gasteiger partial charge in [-0.3, -0.25) is 4.79 Å². The van der Waals surface area contributed by atoms with E-state index in [0.717, 1.165) is 25.0 Å². The minimum absolute atomic E-state index is 0.137. The summed E-state index contributed by atoms with van der Waals surface area (Å²) in [4.78, 5) is 20.9. The second-order valence-corrected chi connectivity index (χ2v) is 8.41. The summed E-state index contributed by atoms with van der Waals surface area (Å²) in [6, 6.07) is 1.96. The van der Waals surface area contributed by atoms with Crippen molar-refractivity contribution in [2.75, 3.05) is 6.61 Å². The van der Waals surface area contributed by atoms with Gasteiger partial charge in [0.05, 0.1) is 0 Å². The molecule has 4 bridgehead atoms. The van der Waals surface area contributed by atoms with E-state index in [2.05, 4.69) is 16.5 Å². The van der Waals surface area contributed by atoms with Crippen LogP contribution in [0.4, 0.5) is 0 Å². The monoisotopic (exact) mass is 357 g/mol. The SMILES string of the molecule is C=CCOc1nc(C)cc(OC(C(N)=O)C23CC4CC(CC(C4)C2)C3)n1. The number of hydrogen-bond acceptors (Lipinski definition) is 5. The van der Waals surface area contributed by atoms with Gasteiger partial charge in [0.2, 0.25) is 5.88 Å². The summed E-state index contributed by atoms with van der Waals surface area (Å²) < 4.78 is 11.6. The van der Waals surface area contributed by atoms with Crippen LogP contribution in [0, 0.1) is 30.1 Å². The molecule has 6 nitrogen and oxygen atoms in total. The third kappa shape index (κ3) is 3.17. The number of nitrogens with two attached hydrogens (primary N) is 1. The number of ether oxygens (including phenoxy) is 2. The lowest BCUT2D eigenvalue weighted by Crippen LogP contribution is -2.57. The Morgan fingerprint density at radius 3 is 2.46 bits per heavy atom. The molecular weight excluding hydrogens is 330 g/mol. The first-order valence-corrected chi connectivity index (χ1v) is 9.53. The number of primary amides is 1. The van der Waals surface area contributed by atoms with Crippen LogP contribution in [0.5, 0.6) is 11.9 Å². The van der Waals surface area contributed by atoms with Gasteiger partial charge in [-0.05, 0) is 63.2 Å². The molecule has 6 heteroatoms. The highest BCUT2D eigenvalue weighted by Crippen LogP contribution is 2.61. The molecule has 0 aliphatic heterocycles. The first-order chi connectivity index (χ1) is 12.5. The van der Waals surface area contributed by atoms with Crippen molar-refractivity contribution in [3.8, 4) is 11.9 Å². The molecule has 140 valence electrons. The number of amides is 1. The molecule has 1 aromatic heterocycles. The first kappa shape index (κ1) is 17.3. The molecule has 1 atom stereocenters. The Kier molecular flexibility index (Phi) is 4.37. The quantitative estimate of drug-likeness (QED) is 0.758. The maximum absolute atomic E-state index is 12.4. The fourth-order valence-electron chi connectivity index (χ4n) is 5.88. The molecule has 1 unspecified atom stereocenters.